The maximum atomic E-state index is 13.4. The first-order chi connectivity index (χ1) is 7.11. The molecule has 0 spiro atoms. The quantitative estimate of drug-likeness (QED) is 0.782. The van der Waals surface area contributed by atoms with Crippen LogP contribution in [0.2, 0.25) is 0 Å². The minimum Gasteiger partial charge on any atom is -0.478 e. The zero-order valence-electron chi connectivity index (χ0n) is 7.50. The van der Waals surface area contributed by atoms with Gasteiger partial charge in [-0.1, -0.05) is 12.1 Å². The third kappa shape index (κ3) is 1.44. The van der Waals surface area contributed by atoms with E-state index in [0.29, 0.717) is 0 Å². The maximum absolute atomic E-state index is 13.4. The molecule has 0 aliphatic carbocycles. The molecule has 0 unspecified atom stereocenters. The van der Waals surface area contributed by atoms with Gasteiger partial charge in [-0.15, -0.1) is 0 Å². The summed E-state index contributed by atoms with van der Waals surface area (Å²) in [6, 6.07) is 5.87. The van der Waals surface area contributed by atoms with Crippen LogP contribution in [0.1, 0.15) is 10.4 Å². The van der Waals surface area contributed by atoms with Crippen molar-refractivity contribution in [2.75, 3.05) is 0 Å². The van der Waals surface area contributed by atoms with Crippen LogP contribution in [0.5, 0.6) is 0 Å². The highest BCUT2D eigenvalue weighted by molar-refractivity contribution is 6.04. The Hall–Kier alpha value is -1.97. The van der Waals surface area contributed by atoms with Gasteiger partial charge >= 0.3 is 5.97 Å². The molecule has 2 aromatic rings. The molecule has 0 saturated heterocycles. The fraction of sp³-hybridized carbons (Fsp3) is 0. The first kappa shape index (κ1) is 9.58. The number of fused-ring (bicyclic) bond motifs is 1. The number of carboxylic acids is 1. The smallest absolute Gasteiger partial charge is 0.336 e. The number of carbonyl (C=O) groups is 1. The third-order valence-electron chi connectivity index (χ3n) is 2.17. The van der Waals surface area contributed by atoms with Gasteiger partial charge in [-0.05, 0) is 18.2 Å². The minimum absolute atomic E-state index is 0.0186. The van der Waals surface area contributed by atoms with Gasteiger partial charge in [0.25, 0.3) is 0 Å². The minimum atomic E-state index is -1.27. The molecule has 0 aliphatic heterocycles. The molecule has 1 N–H and O–H groups in total. The molecule has 0 aromatic heterocycles. The van der Waals surface area contributed by atoms with Crippen molar-refractivity contribution in [3.8, 4) is 0 Å². The third-order valence-corrected chi connectivity index (χ3v) is 2.17. The zero-order valence-corrected chi connectivity index (χ0v) is 7.50. The van der Waals surface area contributed by atoms with Crippen LogP contribution in [0.15, 0.2) is 30.3 Å². The monoisotopic (exact) mass is 208 g/mol. The molecule has 2 aromatic carbocycles. The van der Waals surface area contributed by atoms with Gasteiger partial charge in [0.15, 0.2) is 0 Å². The van der Waals surface area contributed by atoms with Crippen LogP contribution < -0.4 is 0 Å². The van der Waals surface area contributed by atoms with Crippen molar-refractivity contribution < 1.29 is 18.7 Å². The van der Waals surface area contributed by atoms with E-state index >= 15 is 0 Å². The lowest BCUT2D eigenvalue weighted by atomic mass is 10.0. The van der Waals surface area contributed by atoms with Crippen LogP contribution in [-0.4, -0.2) is 11.1 Å². The molecular weight excluding hydrogens is 202 g/mol. The summed E-state index contributed by atoms with van der Waals surface area (Å²) in [5.41, 5.74) is -0.232. The zero-order chi connectivity index (χ0) is 11.0. The van der Waals surface area contributed by atoms with Crippen molar-refractivity contribution in [1.29, 1.82) is 0 Å². The number of benzene rings is 2. The second kappa shape index (κ2) is 3.31. The molecule has 0 amide bonds. The van der Waals surface area contributed by atoms with E-state index in [1.54, 1.807) is 0 Å². The number of carboxylic acid groups (broad SMARTS) is 1. The average molecular weight is 208 g/mol. The van der Waals surface area contributed by atoms with E-state index in [0.717, 1.165) is 18.2 Å². The Balaban J connectivity index is 2.96. The van der Waals surface area contributed by atoms with E-state index in [1.807, 2.05) is 0 Å². The Morgan fingerprint density at radius 3 is 2.47 bits per heavy atom. The SMILES string of the molecule is O=C(O)c1ccc(F)c2cccc(F)c12. The van der Waals surface area contributed by atoms with Gasteiger partial charge in [-0.3, -0.25) is 0 Å². The molecule has 0 saturated carbocycles. The number of hydrogen-bond donors (Lipinski definition) is 1. The molecule has 76 valence electrons. The highest BCUT2D eigenvalue weighted by Gasteiger charge is 2.14. The first-order valence-electron chi connectivity index (χ1n) is 4.21. The van der Waals surface area contributed by atoms with Crippen LogP contribution in [0.3, 0.4) is 0 Å². The van der Waals surface area contributed by atoms with Crippen molar-refractivity contribution in [3.05, 3.63) is 47.5 Å². The molecule has 0 aliphatic rings. The van der Waals surface area contributed by atoms with Crippen LogP contribution in [-0.2, 0) is 0 Å². The van der Waals surface area contributed by atoms with E-state index in [2.05, 4.69) is 0 Å². The van der Waals surface area contributed by atoms with Gasteiger partial charge in [0.2, 0.25) is 0 Å². The Bertz CT molecular complexity index is 550. The Kier molecular flexibility index (Phi) is 2.11. The first-order valence-corrected chi connectivity index (χ1v) is 4.21. The van der Waals surface area contributed by atoms with Gasteiger partial charge in [0.1, 0.15) is 11.6 Å². The van der Waals surface area contributed by atoms with Crippen LogP contribution in [0.25, 0.3) is 10.8 Å². The van der Waals surface area contributed by atoms with E-state index in [4.69, 9.17) is 5.11 Å². The molecule has 2 nitrogen and oxygen atoms in total. The molecule has 0 radical (unpaired) electrons. The van der Waals surface area contributed by atoms with Crippen molar-refractivity contribution in [2.24, 2.45) is 0 Å². The largest absolute Gasteiger partial charge is 0.478 e. The van der Waals surface area contributed by atoms with Gasteiger partial charge in [0, 0.05) is 10.8 Å². The lowest BCUT2D eigenvalue weighted by Crippen LogP contribution is -2.00. The van der Waals surface area contributed by atoms with Gasteiger partial charge in [-0.25, -0.2) is 13.6 Å². The highest BCUT2D eigenvalue weighted by atomic mass is 19.1. The number of halogens is 2. The number of hydrogen-bond acceptors (Lipinski definition) is 1. The number of rotatable bonds is 1. The molecule has 0 atom stereocenters. The highest BCUT2D eigenvalue weighted by Crippen LogP contribution is 2.24. The summed E-state index contributed by atoms with van der Waals surface area (Å²) in [5, 5.41) is 8.60. The molecule has 2 rings (SSSR count). The topological polar surface area (TPSA) is 37.3 Å². The predicted octanol–water partition coefficient (Wildman–Crippen LogP) is 2.82. The van der Waals surface area contributed by atoms with Crippen LogP contribution >= 0.6 is 0 Å². The van der Waals surface area contributed by atoms with Crippen molar-refractivity contribution in [3.63, 3.8) is 0 Å². The van der Waals surface area contributed by atoms with E-state index in [-0.39, 0.29) is 16.3 Å². The summed E-state index contributed by atoms with van der Waals surface area (Å²) in [5.74, 6) is -2.64. The van der Waals surface area contributed by atoms with Gasteiger partial charge in [0.05, 0.1) is 5.56 Å². The Labute approximate surface area is 83.8 Å². The van der Waals surface area contributed by atoms with Gasteiger partial charge in [-0.2, -0.15) is 0 Å². The molecule has 0 bridgehead atoms. The summed E-state index contributed by atoms with van der Waals surface area (Å²) in [6.45, 7) is 0. The van der Waals surface area contributed by atoms with E-state index in [9.17, 15) is 13.6 Å². The van der Waals surface area contributed by atoms with E-state index < -0.39 is 17.6 Å². The van der Waals surface area contributed by atoms with Crippen molar-refractivity contribution >= 4 is 16.7 Å². The average Bonchev–Trinajstić information content (AvgIpc) is 2.19. The van der Waals surface area contributed by atoms with E-state index in [1.165, 1.54) is 12.1 Å². The summed E-state index contributed by atoms with van der Waals surface area (Å²) in [4.78, 5) is 10.8. The number of aromatic carboxylic acids is 1. The molecule has 0 heterocycles. The van der Waals surface area contributed by atoms with Gasteiger partial charge < -0.3 is 5.11 Å². The lowest BCUT2D eigenvalue weighted by Gasteiger charge is -2.04. The second-order valence-corrected chi connectivity index (χ2v) is 3.06. The molecule has 0 fully saturated rings. The maximum Gasteiger partial charge on any atom is 0.336 e. The predicted molar refractivity (Wildman–Crippen MR) is 50.8 cm³/mol. The Morgan fingerprint density at radius 2 is 1.80 bits per heavy atom. The molecule has 15 heavy (non-hydrogen) atoms. The Morgan fingerprint density at radius 1 is 1.07 bits per heavy atom. The fourth-order valence-corrected chi connectivity index (χ4v) is 1.50. The second-order valence-electron chi connectivity index (χ2n) is 3.06. The lowest BCUT2D eigenvalue weighted by molar-refractivity contribution is 0.0698. The van der Waals surface area contributed by atoms with Crippen molar-refractivity contribution in [1.82, 2.24) is 0 Å². The van der Waals surface area contributed by atoms with Crippen LogP contribution in [0.4, 0.5) is 8.78 Å². The summed E-state index contributed by atoms with van der Waals surface area (Å²) in [6.07, 6.45) is 0. The summed E-state index contributed by atoms with van der Waals surface area (Å²) < 4.78 is 26.6. The summed E-state index contributed by atoms with van der Waals surface area (Å²) in [7, 11) is 0. The summed E-state index contributed by atoms with van der Waals surface area (Å²) >= 11 is 0. The normalized spacial score (nSPS) is 10.5. The molecular formula is C11H6F2O2. The standard InChI is InChI=1S/C11H6F2O2/c12-8-5-4-7(11(14)15)10-6(8)2-1-3-9(10)13/h1-5H,(H,14,15). The fourth-order valence-electron chi connectivity index (χ4n) is 1.50. The molecule has 4 heteroatoms. The van der Waals surface area contributed by atoms with Crippen LogP contribution in [0, 0.1) is 11.6 Å². The van der Waals surface area contributed by atoms with Crippen molar-refractivity contribution in [2.45, 2.75) is 0 Å².